The van der Waals surface area contributed by atoms with Gasteiger partial charge in [-0.2, -0.15) is 11.8 Å². The molecule has 1 heterocycles. The Labute approximate surface area is 144 Å². The maximum Gasteiger partial charge on any atom is 0.340 e. The number of esters is 1. The van der Waals surface area contributed by atoms with Gasteiger partial charge in [0, 0.05) is 24.4 Å². The number of benzene rings is 1. The van der Waals surface area contributed by atoms with Gasteiger partial charge in [0.15, 0.2) is 5.82 Å². The van der Waals surface area contributed by atoms with E-state index < -0.39 is 22.4 Å². The Bertz CT molecular complexity index is 626. The van der Waals surface area contributed by atoms with Gasteiger partial charge in [0.05, 0.1) is 28.8 Å². The average Bonchev–Trinajstić information content (AvgIpc) is 2.79. The van der Waals surface area contributed by atoms with Gasteiger partial charge >= 0.3 is 5.97 Å². The summed E-state index contributed by atoms with van der Waals surface area (Å²) in [6, 6.07) is 1.98. The van der Waals surface area contributed by atoms with Gasteiger partial charge < -0.3 is 9.64 Å². The van der Waals surface area contributed by atoms with Crippen molar-refractivity contribution in [3.63, 3.8) is 0 Å². The summed E-state index contributed by atoms with van der Waals surface area (Å²) in [5.41, 5.74) is -0.416. The number of carbonyl (C=O) groups is 1. The highest BCUT2D eigenvalue weighted by molar-refractivity contribution is 7.99. The first-order chi connectivity index (χ1) is 11.5. The van der Waals surface area contributed by atoms with Gasteiger partial charge in [-0.3, -0.25) is 10.1 Å². The minimum absolute atomic E-state index is 0.0784. The molecule has 0 saturated carbocycles. The largest absolute Gasteiger partial charge is 0.462 e. The molecule has 0 aliphatic carbocycles. The minimum atomic E-state index is -0.756. The van der Waals surface area contributed by atoms with E-state index in [0.717, 1.165) is 31.4 Å². The van der Waals surface area contributed by atoms with Gasteiger partial charge in [-0.1, -0.05) is 6.42 Å². The summed E-state index contributed by atoms with van der Waals surface area (Å²) in [6.45, 7) is 2.97. The highest BCUT2D eigenvalue weighted by atomic mass is 32.2. The summed E-state index contributed by atoms with van der Waals surface area (Å²) in [4.78, 5) is 24.3. The molecule has 1 atom stereocenters. The van der Waals surface area contributed by atoms with Crippen molar-refractivity contribution in [3.05, 3.63) is 33.6 Å². The summed E-state index contributed by atoms with van der Waals surface area (Å²) in [5, 5.41) is 11.3. The minimum Gasteiger partial charge on any atom is -0.462 e. The lowest BCUT2D eigenvalue weighted by Gasteiger charge is -2.27. The fourth-order valence-corrected chi connectivity index (χ4v) is 3.61. The standard InChI is InChI=1S/C16H21FN2O4S/c1-3-23-16(20)13-8-11(19(21)22)9-14(17)15(13)18-7-5-4-6-12(10-18)24-2/h8-9,12H,3-7,10H2,1-2H3. The molecule has 1 unspecified atom stereocenters. The fraction of sp³-hybridized carbons (Fsp3) is 0.562. The molecule has 1 aliphatic heterocycles. The van der Waals surface area contributed by atoms with Gasteiger partial charge in [0.2, 0.25) is 0 Å². The predicted octanol–water partition coefficient (Wildman–Crippen LogP) is 3.63. The highest BCUT2D eigenvalue weighted by Gasteiger charge is 2.28. The Morgan fingerprint density at radius 3 is 2.88 bits per heavy atom. The molecule has 1 saturated heterocycles. The first kappa shape index (κ1) is 18.5. The molecule has 8 heteroatoms. The van der Waals surface area contributed by atoms with E-state index in [9.17, 15) is 19.3 Å². The second-order valence-electron chi connectivity index (χ2n) is 5.60. The third-order valence-corrected chi connectivity index (χ3v) is 5.08. The molecule has 0 amide bonds. The molecule has 0 spiro atoms. The molecule has 1 aliphatic rings. The van der Waals surface area contributed by atoms with Crippen LogP contribution in [0.1, 0.15) is 36.5 Å². The van der Waals surface area contributed by atoms with Crippen molar-refractivity contribution in [2.24, 2.45) is 0 Å². The van der Waals surface area contributed by atoms with Crippen LogP contribution < -0.4 is 4.90 Å². The van der Waals surface area contributed by atoms with Crippen molar-refractivity contribution < 1.29 is 18.8 Å². The van der Waals surface area contributed by atoms with E-state index in [1.54, 1.807) is 18.7 Å². The fourth-order valence-electron chi connectivity index (χ4n) is 2.87. The van der Waals surface area contributed by atoms with Crippen LogP contribution in [-0.2, 0) is 4.74 Å². The lowest BCUT2D eigenvalue weighted by molar-refractivity contribution is -0.385. The number of nitrogens with zero attached hydrogens (tertiary/aromatic N) is 2. The lowest BCUT2D eigenvalue weighted by atomic mass is 10.1. The van der Waals surface area contributed by atoms with Crippen molar-refractivity contribution in [2.75, 3.05) is 30.9 Å². The van der Waals surface area contributed by atoms with Crippen LogP contribution in [0.2, 0.25) is 0 Å². The molecule has 1 fully saturated rings. The van der Waals surface area contributed by atoms with E-state index in [-0.39, 0.29) is 17.9 Å². The molecular formula is C16H21FN2O4S. The molecule has 1 aromatic carbocycles. The summed E-state index contributed by atoms with van der Waals surface area (Å²) < 4.78 is 19.6. The van der Waals surface area contributed by atoms with Crippen molar-refractivity contribution in [2.45, 2.75) is 31.4 Å². The van der Waals surface area contributed by atoms with Gasteiger partial charge in [-0.25, -0.2) is 9.18 Å². The van der Waals surface area contributed by atoms with Crippen molar-refractivity contribution >= 4 is 29.1 Å². The number of nitro benzene ring substituents is 1. The first-order valence-electron chi connectivity index (χ1n) is 7.90. The maximum absolute atomic E-state index is 14.7. The number of non-ortho nitro benzene ring substituents is 1. The Hall–Kier alpha value is -1.83. The molecule has 1 aromatic rings. The van der Waals surface area contributed by atoms with Crippen LogP contribution in [0.3, 0.4) is 0 Å². The van der Waals surface area contributed by atoms with Crippen LogP contribution in [0.5, 0.6) is 0 Å². The Morgan fingerprint density at radius 2 is 2.25 bits per heavy atom. The van der Waals surface area contributed by atoms with Gasteiger partial charge in [-0.05, 0) is 26.0 Å². The Balaban J connectivity index is 2.49. The van der Waals surface area contributed by atoms with Gasteiger partial charge in [-0.15, -0.1) is 0 Å². The number of thioether (sulfide) groups is 1. The second-order valence-corrected chi connectivity index (χ2v) is 6.74. The van der Waals surface area contributed by atoms with E-state index in [1.807, 2.05) is 11.2 Å². The predicted molar refractivity (Wildman–Crippen MR) is 92.4 cm³/mol. The SMILES string of the molecule is CCOC(=O)c1cc([N+](=O)[O-])cc(F)c1N1CCCCC(SC)C1. The molecule has 0 N–H and O–H groups in total. The third-order valence-electron chi connectivity index (χ3n) is 4.03. The number of hydrogen-bond donors (Lipinski definition) is 0. The van der Waals surface area contributed by atoms with Crippen molar-refractivity contribution in [1.82, 2.24) is 0 Å². The molecule has 0 bridgehead atoms. The molecular weight excluding hydrogens is 335 g/mol. The highest BCUT2D eigenvalue weighted by Crippen LogP contribution is 2.33. The maximum atomic E-state index is 14.7. The number of ether oxygens (including phenoxy) is 1. The van der Waals surface area contributed by atoms with E-state index in [0.29, 0.717) is 18.3 Å². The Morgan fingerprint density at radius 1 is 1.50 bits per heavy atom. The number of anilines is 1. The van der Waals surface area contributed by atoms with Crippen molar-refractivity contribution in [1.29, 1.82) is 0 Å². The zero-order valence-electron chi connectivity index (χ0n) is 13.8. The molecule has 2 rings (SSSR count). The molecule has 24 heavy (non-hydrogen) atoms. The smallest absolute Gasteiger partial charge is 0.340 e. The third kappa shape index (κ3) is 4.17. The lowest BCUT2D eigenvalue weighted by Crippen LogP contribution is -2.32. The van der Waals surface area contributed by atoms with Crippen LogP contribution in [0, 0.1) is 15.9 Å². The van der Waals surface area contributed by atoms with Gasteiger partial charge in [0.1, 0.15) is 0 Å². The first-order valence-corrected chi connectivity index (χ1v) is 9.19. The molecule has 6 nitrogen and oxygen atoms in total. The summed E-state index contributed by atoms with van der Waals surface area (Å²) in [6.07, 6.45) is 4.95. The Kier molecular flexibility index (Phi) is 6.42. The van der Waals surface area contributed by atoms with Crippen molar-refractivity contribution in [3.8, 4) is 0 Å². The second kappa shape index (κ2) is 8.32. The summed E-state index contributed by atoms with van der Waals surface area (Å²) >= 11 is 1.71. The topological polar surface area (TPSA) is 72.7 Å². The van der Waals surface area contributed by atoms with Crippen LogP contribution >= 0.6 is 11.8 Å². The summed E-state index contributed by atoms with van der Waals surface area (Å²) in [7, 11) is 0. The number of rotatable bonds is 5. The number of nitro groups is 1. The number of hydrogen-bond acceptors (Lipinski definition) is 6. The van der Waals surface area contributed by atoms with Crippen LogP contribution in [0.4, 0.5) is 15.8 Å². The molecule has 0 aromatic heterocycles. The van der Waals surface area contributed by atoms with E-state index in [1.165, 1.54) is 0 Å². The quantitative estimate of drug-likeness (QED) is 0.456. The van der Waals surface area contributed by atoms with Crippen LogP contribution in [0.15, 0.2) is 12.1 Å². The number of carbonyl (C=O) groups excluding carboxylic acids is 1. The van der Waals surface area contributed by atoms with E-state index >= 15 is 0 Å². The van der Waals surface area contributed by atoms with Crippen LogP contribution in [-0.4, -0.2) is 42.1 Å². The number of halogens is 1. The molecule has 132 valence electrons. The molecule has 0 radical (unpaired) electrons. The van der Waals surface area contributed by atoms with E-state index in [2.05, 4.69) is 0 Å². The zero-order valence-corrected chi connectivity index (χ0v) is 14.6. The summed E-state index contributed by atoms with van der Waals surface area (Å²) in [5.74, 6) is -1.49. The normalized spacial score (nSPS) is 18.1. The van der Waals surface area contributed by atoms with Gasteiger partial charge in [0.25, 0.3) is 5.69 Å². The van der Waals surface area contributed by atoms with Crippen LogP contribution in [0.25, 0.3) is 0 Å². The van der Waals surface area contributed by atoms with E-state index in [4.69, 9.17) is 4.74 Å². The zero-order chi connectivity index (χ0) is 17.7. The monoisotopic (exact) mass is 356 g/mol. The average molecular weight is 356 g/mol.